The van der Waals surface area contributed by atoms with Crippen molar-refractivity contribution in [1.29, 1.82) is 0 Å². The second-order valence-electron chi connectivity index (χ2n) is 5.20. The lowest BCUT2D eigenvalue weighted by Crippen LogP contribution is -2.34. The minimum absolute atomic E-state index is 0.0185. The number of halogens is 1. The summed E-state index contributed by atoms with van der Waals surface area (Å²) in [7, 11) is 0. The van der Waals surface area contributed by atoms with E-state index in [9.17, 15) is 9.18 Å². The van der Waals surface area contributed by atoms with Crippen LogP contribution in [0, 0.1) is 5.82 Å². The van der Waals surface area contributed by atoms with Crippen LogP contribution in [0.25, 0.3) is 6.08 Å². The first kappa shape index (κ1) is 13.6. The number of carbonyl (C=O) groups is 1. The fraction of sp³-hybridized carbons (Fsp3) is 0.167. The molecule has 0 bridgehead atoms. The number of carbonyl (C=O) groups excluding carboxylic acids is 1. The molecule has 1 aliphatic rings. The maximum absolute atomic E-state index is 12.9. The molecule has 106 valence electrons. The van der Waals surface area contributed by atoms with Crippen molar-refractivity contribution in [3.8, 4) is 0 Å². The van der Waals surface area contributed by atoms with E-state index in [4.69, 9.17) is 0 Å². The lowest BCUT2D eigenvalue weighted by Gasteiger charge is -2.21. The van der Waals surface area contributed by atoms with Crippen LogP contribution in [0.1, 0.15) is 18.1 Å². The van der Waals surface area contributed by atoms with Crippen LogP contribution in [0.5, 0.6) is 0 Å². The molecule has 1 aliphatic heterocycles. The Bertz CT molecular complexity index is 691. The summed E-state index contributed by atoms with van der Waals surface area (Å²) in [5.74, 6) is -0.209. The van der Waals surface area contributed by atoms with Gasteiger partial charge in [0.15, 0.2) is 0 Å². The fourth-order valence-electron chi connectivity index (χ4n) is 2.77. The number of para-hydroxylation sites is 1. The Morgan fingerprint density at radius 2 is 1.90 bits per heavy atom. The van der Waals surface area contributed by atoms with Gasteiger partial charge in [0, 0.05) is 12.6 Å². The molecule has 2 aromatic carbocycles. The van der Waals surface area contributed by atoms with Gasteiger partial charge in [0.05, 0.1) is 6.04 Å². The molecule has 0 unspecified atom stereocenters. The summed E-state index contributed by atoms with van der Waals surface area (Å²) in [5.41, 5.74) is 3.09. The Morgan fingerprint density at radius 1 is 1.19 bits per heavy atom. The first-order valence-electron chi connectivity index (χ1n) is 6.96. The van der Waals surface area contributed by atoms with E-state index < -0.39 is 0 Å². The summed E-state index contributed by atoms with van der Waals surface area (Å²) in [6.07, 6.45) is 4.76. The van der Waals surface area contributed by atoms with Gasteiger partial charge in [-0.15, -0.1) is 0 Å². The number of rotatable bonds is 2. The summed E-state index contributed by atoms with van der Waals surface area (Å²) >= 11 is 0. The number of benzene rings is 2. The van der Waals surface area contributed by atoms with E-state index in [1.165, 1.54) is 17.7 Å². The van der Waals surface area contributed by atoms with Gasteiger partial charge in [0.1, 0.15) is 5.82 Å². The molecule has 3 heteroatoms. The van der Waals surface area contributed by atoms with Gasteiger partial charge in [0.25, 0.3) is 0 Å². The molecular weight excluding hydrogens is 265 g/mol. The van der Waals surface area contributed by atoms with Crippen molar-refractivity contribution in [3.05, 3.63) is 71.6 Å². The highest BCUT2D eigenvalue weighted by atomic mass is 19.1. The van der Waals surface area contributed by atoms with Gasteiger partial charge in [0.2, 0.25) is 5.91 Å². The molecule has 0 spiro atoms. The van der Waals surface area contributed by atoms with Crippen LogP contribution in [0.4, 0.5) is 10.1 Å². The van der Waals surface area contributed by atoms with Crippen LogP contribution in [0.3, 0.4) is 0 Å². The Balaban J connectivity index is 1.86. The summed E-state index contributed by atoms with van der Waals surface area (Å²) < 4.78 is 12.9. The minimum atomic E-state index is -0.245. The molecule has 1 heterocycles. The highest BCUT2D eigenvalue weighted by Gasteiger charge is 2.29. The third kappa shape index (κ3) is 2.72. The normalized spacial score (nSPS) is 17.2. The van der Waals surface area contributed by atoms with Crippen LogP contribution < -0.4 is 4.90 Å². The molecule has 0 saturated carbocycles. The maximum Gasteiger partial charge on any atom is 0.224 e. The number of hydrogen-bond donors (Lipinski definition) is 0. The largest absolute Gasteiger partial charge is 0.305 e. The van der Waals surface area contributed by atoms with E-state index in [2.05, 4.69) is 6.07 Å². The molecule has 0 radical (unpaired) electrons. The molecule has 0 fully saturated rings. The summed E-state index contributed by atoms with van der Waals surface area (Å²) in [6.45, 7) is 1.58. The molecule has 2 aromatic rings. The SMILES string of the molecule is CC(=O)N1c2ccccc2C[C@H]1/C=C/c1ccc(F)cc1. The van der Waals surface area contributed by atoms with Crippen LogP contribution in [-0.2, 0) is 11.2 Å². The lowest BCUT2D eigenvalue weighted by atomic mass is 10.1. The smallest absolute Gasteiger partial charge is 0.224 e. The van der Waals surface area contributed by atoms with Gasteiger partial charge in [-0.25, -0.2) is 4.39 Å². The second-order valence-corrected chi connectivity index (χ2v) is 5.20. The average Bonchev–Trinajstić information content (AvgIpc) is 2.85. The van der Waals surface area contributed by atoms with Gasteiger partial charge in [-0.05, 0) is 35.7 Å². The summed E-state index contributed by atoms with van der Waals surface area (Å²) in [6, 6.07) is 14.3. The van der Waals surface area contributed by atoms with Crippen LogP contribution in [0.2, 0.25) is 0 Å². The second kappa shape index (κ2) is 5.52. The molecule has 0 saturated heterocycles. The molecule has 0 aliphatic carbocycles. The van der Waals surface area contributed by atoms with E-state index >= 15 is 0 Å². The highest BCUT2D eigenvalue weighted by molar-refractivity contribution is 5.95. The standard InChI is InChI=1S/C18H16FNO/c1-13(21)20-17(12-15-4-2-3-5-18(15)20)11-8-14-6-9-16(19)10-7-14/h2-11,17H,12H2,1H3/b11-8+/t17-/m1/s1. The average molecular weight is 281 g/mol. The van der Waals surface area contributed by atoms with E-state index in [1.807, 2.05) is 35.3 Å². The van der Waals surface area contributed by atoms with Gasteiger partial charge >= 0.3 is 0 Å². The third-order valence-corrected chi connectivity index (χ3v) is 3.73. The number of hydrogen-bond acceptors (Lipinski definition) is 1. The van der Waals surface area contributed by atoms with Crippen molar-refractivity contribution in [2.75, 3.05) is 4.90 Å². The van der Waals surface area contributed by atoms with Crippen LogP contribution in [0.15, 0.2) is 54.6 Å². The Labute approximate surface area is 123 Å². The van der Waals surface area contributed by atoms with Gasteiger partial charge in [-0.2, -0.15) is 0 Å². The summed E-state index contributed by atoms with van der Waals surface area (Å²) in [4.78, 5) is 13.7. The zero-order chi connectivity index (χ0) is 14.8. The number of anilines is 1. The van der Waals surface area contributed by atoms with Crippen LogP contribution in [-0.4, -0.2) is 11.9 Å². The third-order valence-electron chi connectivity index (χ3n) is 3.73. The quantitative estimate of drug-likeness (QED) is 0.819. The fourth-order valence-corrected chi connectivity index (χ4v) is 2.77. The van der Waals surface area contributed by atoms with Crippen molar-refractivity contribution in [1.82, 2.24) is 0 Å². The van der Waals surface area contributed by atoms with E-state index in [1.54, 1.807) is 19.1 Å². The highest BCUT2D eigenvalue weighted by Crippen LogP contribution is 2.32. The minimum Gasteiger partial charge on any atom is -0.305 e. The number of fused-ring (bicyclic) bond motifs is 1. The van der Waals surface area contributed by atoms with E-state index in [0.717, 1.165) is 17.7 Å². The molecule has 0 N–H and O–H groups in total. The maximum atomic E-state index is 12.9. The van der Waals surface area contributed by atoms with Gasteiger partial charge in [-0.3, -0.25) is 4.79 Å². The van der Waals surface area contributed by atoms with Crippen molar-refractivity contribution in [2.45, 2.75) is 19.4 Å². The summed E-state index contributed by atoms with van der Waals surface area (Å²) in [5, 5.41) is 0. The first-order valence-corrected chi connectivity index (χ1v) is 6.96. The first-order chi connectivity index (χ1) is 10.1. The zero-order valence-corrected chi connectivity index (χ0v) is 11.8. The van der Waals surface area contributed by atoms with E-state index in [-0.39, 0.29) is 17.8 Å². The predicted octanol–water partition coefficient (Wildman–Crippen LogP) is 3.82. The molecule has 1 amide bonds. The molecule has 21 heavy (non-hydrogen) atoms. The molecule has 3 rings (SSSR count). The topological polar surface area (TPSA) is 20.3 Å². The Kier molecular flexibility index (Phi) is 3.57. The Morgan fingerprint density at radius 3 is 2.62 bits per heavy atom. The van der Waals surface area contributed by atoms with Crippen LogP contribution >= 0.6 is 0 Å². The van der Waals surface area contributed by atoms with Gasteiger partial charge in [-0.1, -0.05) is 42.5 Å². The molecule has 1 atom stereocenters. The number of nitrogens with zero attached hydrogens (tertiary/aromatic N) is 1. The van der Waals surface area contributed by atoms with E-state index in [0.29, 0.717) is 0 Å². The molecule has 0 aromatic heterocycles. The zero-order valence-electron chi connectivity index (χ0n) is 11.8. The molecule has 2 nitrogen and oxygen atoms in total. The number of amides is 1. The molecular formula is C18H16FNO. The monoisotopic (exact) mass is 281 g/mol. The van der Waals surface area contributed by atoms with Gasteiger partial charge < -0.3 is 4.90 Å². The van der Waals surface area contributed by atoms with Crippen molar-refractivity contribution in [2.24, 2.45) is 0 Å². The van der Waals surface area contributed by atoms with Crippen molar-refractivity contribution < 1.29 is 9.18 Å². The Hall–Kier alpha value is -2.42. The van der Waals surface area contributed by atoms with Crippen molar-refractivity contribution in [3.63, 3.8) is 0 Å². The predicted molar refractivity (Wildman–Crippen MR) is 82.5 cm³/mol. The van der Waals surface area contributed by atoms with Crippen molar-refractivity contribution >= 4 is 17.7 Å². The lowest BCUT2D eigenvalue weighted by molar-refractivity contribution is -0.116.